The topological polar surface area (TPSA) is 40.5 Å². The zero-order valence-corrected chi connectivity index (χ0v) is 9.36. The van der Waals surface area contributed by atoms with E-state index in [4.69, 9.17) is 5.11 Å². The highest BCUT2D eigenvalue weighted by atomic mass is 16.4. The van der Waals surface area contributed by atoms with E-state index in [2.05, 4.69) is 25.8 Å². The van der Waals surface area contributed by atoms with Crippen molar-refractivity contribution in [2.24, 2.45) is 11.8 Å². The van der Waals surface area contributed by atoms with Crippen LogP contribution in [0.2, 0.25) is 0 Å². The van der Waals surface area contributed by atoms with Crippen molar-refractivity contribution in [3.05, 3.63) is 0 Å². The molecule has 1 heterocycles. The number of hydrogen-bond donors (Lipinski definition) is 1. The van der Waals surface area contributed by atoms with E-state index in [1.165, 1.54) is 0 Å². The summed E-state index contributed by atoms with van der Waals surface area (Å²) in [5, 5.41) is 8.83. The van der Waals surface area contributed by atoms with Crippen LogP contribution in [0.4, 0.5) is 0 Å². The fraction of sp³-hybridized carbons (Fsp3) is 0.909. The smallest absolute Gasteiger partial charge is 0.303 e. The van der Waals surface area contributed by atoms with Crippen LogP contribution in [-0.4, -0.2) is 35.6 Å². The van der Waals surface area contributed by atoms with Crippen LogP contribution >= 0.6 is 0 Å². The predicted molar refractivity (Wildman–Crippen MR) is 56.2 cm³/mol. The summed E-state index contributed by atoms with van der Waals surface area (Å²) in [6.45, 7) is 5.47. The standard InChI is InChI=1S/C11H21NO2/c1-8(2)11-9(7-10(13)14)5-4-6-12(11)3/h8-9,11H,4-7H2,1-3H3,(H,13,14). The predicted octanol–water partition coefficient (Wildman–Crippen LogP) is 1.83. The summed E-state index contributed by atoms with van der Waals surface area (Å²) >= 11 is 0. The number of carboxylic acids is 1. The Morgan fingerprint density at radius 3 is 2.71 bits per heavy atom. The summed E-state index contributed by atoms with van der Waals surface area (Å²) in [6, 6.07) is 0.444. The summed E-state index contributed by atoms with van der Waals surface area (Å²) in [5.41, 5.74) is 0. The number of rotatable bonds is 3. The lowest BCUT2D eigenvalue weighted by Gasteiger charge is -2.41. The average Bonchev–Trinajstić information content (AvgIpc) is 2.01. The third-order valence-corrected chi connectivity index (χ3v) is 3.20. The monoisotopic (exact) mass is 199 g/mol. The van der Waals surface area contributed by atoms with Gasteiger partial charge in [0, 0.05) is 12.5 Å². The first kappa shape index (κ1) is 11.5. The van der Waals surface area contributed by atoms with Gasteiger partial charge >= 0.3 is 5.97 Å². The maximum Gasteiger partial charge on any atom is 0.303 e. The van der Waals surface area contributed by atoms with E-state index in [-0.39, 0.29) is 0 Å². The molecule has 1 fully saturated rings. The highest BCUT2D eigenvalue weighted by Gasteiger charge is 2.32. The Hall–Kier alpha value is -0.570. The maximum atomic E-state index is 10.7. The molecule has 1 N–H and O–H groups in total. The molecule has 0 bridgehead atoms. The van der Waals surface area contributed by atoms with E-state index in [0.717, 1.165) is 19.4 Å². The molecule has 0 aromatic carbocycles. The van der Waals surface area contributed by atoms with Crippen molar-refractivity contribution >= 4 is 5.97 Å². The van der Waals surface area contributed by atoms with Crippen molar-refractivity contribution in [2.75, 3.05) is 13.6 Å². The summed E-state index contributed by atoms with van der Waals surface area (Å²) in [4.78, 5) is 13.0. The molecule has 2 unspecified atom stereocenters. The van der Waals surface area contributed by atoms with Gasteiger partial charge in [0.05, 0.1) is 0 Å². The van der Waals surface area contributed by atoms with Crippen LogP contribution < -0.4 is 0 Å². The molecular formula is C11H21NO2. The van der Waals surface area contributed by atoms with E-state index in [9.17, 15) is 4.79 Å². The third kappa shape index (κ3) is 2.71. The van der Waals surface area contributed by atoms with E-state index < -0.39 is 5.97 Å². The summed E-state index contributed by atoms with van der Waals surface area (Å²) < 4.78 is 0. The molecule has 0 aromatic rings. The van der Waals surface area contributed by atoms with Gasteiger partial charge < -0.3 is 10.0 Å². The second-order valence-corrected chi connectivity index (χ2v) is 4.72. The van der Waals surface area contributed by atoms with Crippen LogP contribution in [0.15, 0.2) is 0 Å². The van der Waals surface area contributed by atoms with E-state index in [1.807, 2.05) is 0 Å². The molecule has 2 atom stereocenters. The molecule has 0 aliphatic carbocycles. The van der Waals surface area contributed by atoms with Gasteiger partial charge in [-0.25, -0.2) is 0 Å². The van der Waals surface area contributed by atoms with Crippen molar-refractivity contribution in [3.63, 3.8) is 0 Å². The highest BCUT2D eigenvalue weighted by molar-refractivity contribution is 5.67. The second kappa shape index (κ2) is 4.78. The largest absolute Gasteiger partial charge is 0.481 e. The number of nitrogens with zero attached hydrogens (tertiary/aromatic N) is 1. The molecule has 0 spiro atoms. The molecule has 0 aromatic heterocycles. The van der Waals surface area contributed by atoms with Gasteiger partial charge in [-0.2, -0.15) is 0 Å². The van der Waals surface area contributed by atoms with Gasteiger partial charge in [0.1, 0.15) is 0 Å². The Bertz CT molecular complexity index is 203. The van der Waals surface area contributed by atoms with Crippen molar-refractivity contribution < 1.29 is 9.90 Å². The van der Waals surface area contributed by atoms with Crippen LogP contribution in [0.1, 0.15) is 33.1 Å². The van der Waals surface area contributed by atoms with Gasteiger partial charge in [0.15, 0.2) is 0 Å². The molecule has 0 amide bonds. The molecule has 1 aliphatic heterocycles. The molecular weight excluding hydrogens is 178 g/mol. The van der Waals surface area contributed by atoms with Gasteiger partial charge in [-0.3, -0.25) is 4.79 Å². The summed E-state index contributed by atoms with van der Waals surface area (Å²) in [6.07, 6.45) is 2.53. The van der Waals surface area contributed by atoms with Crippen LogP contribution in [-0.2, 0) is 4.79 Å². The second-order valence-electron chi connectivity index (χ2n) is 4.72. The molecule has 0 radical (unpaired) electrons. The number of carbonyl (C=O) groups is 1. The fourth-order valence-electron chi connectivity index (χ4n) is 2.78. The average molecular weight is 199 g/mol. The zero-order chi connectivity index (χ0) is 10.7. The Morgan fingerprint density at radius 1 is 1.57 bits per heavy atom. The van der Waals surface area contributed by atoms with E-state index >= 15 is 0 Å². The van der Waals surface area contributed by atoms with Crippen molar-refractivity contribution in [3.8, 4) is 0 Å². The number of carboxylic acid groups (broad SMARTS) is 1. The molecule has 3 heteroatoms. The molecule has 0 saturated carbocycles. The lowest BCUT2D eigenvalue weighted by atomic mass is 9.81. The lowest BCUT2D eigenvalue weighted by Crippen LogP contribution is -2.46. The first-order valence-electron chi connectivity index (χ1n) is 5.44. The maximum absolute atomic E-state index is 10.7. The summed E-state index contributed by atoms with van der Waals surface area (Å²) in [7, 11) is 2.11. The van der Waals surface area contributed by atoms with Crippen LogP contribution in [0.25, 0.3) is 0 Å². The molecule has 14 heavy (non-hydrogen) atoms. The Balaban J connectivity index is 2.64. The van der Waals surface area contributed by atoms with Crippen LogP contribution in [0.3, 0.4) is 0 Å². The SMILES string of the molecule is CC(C)C1C(CC(=O)O)CCCN1C. The first-order chi connectivity index (χ1) is 6.52. The molecule has 1 rings (SSSR count). The van der Waals surface area contributed by atoms with Crippen LogP contribution in [0, 0.1) is 11.8 Å². The molecule has 3 nitrogen and oxygen atoms in total. The normalized spacial score (nSPS) is 29.4. The molecule has 1 saturated heterocycles. The minimum Gasteiger partial charge on any atom is -0.481 e. The number of piperidine rings is 1. The van der Waals surface area contributed by atoms with E-state index in [1.54, 1.807) is 0 Å². The highest BCUT2D eigenvalue weighted by Crippen LogP contribution is 2.29. The molecule has 1 aliphatic rings. The van der Waals surface area contributed by atoms with Crippen molar-refractivity contribution in [1.29, 1.82) is 0 Å². The van der Waals surface area contributed by atoms with Gasteiger partial charge in [-0.1, -0.05) is 13.8 Å². The zero-order valence-electron chi connectivity index (χ0n) is 9.36. The van der Waals surface area contributed by atoms with Gasteiger partial charge in [0.2, 0.25) is 0 Å². The Kier molecular flexibility index (Phi) is 3.93. The van der Waals surface area contributed by atoms with Crippen molar-refractivity contribution in [2.45, 2.75) is 39.2 Å². The number of likely N-dealkylation sites (tertiary alicyclic amines) is 1. The van der Waals surface area contributed by atoms with Gasteiger partial charge in [-0.15, -0.1) is 0 Å². The van der Waals surface area contributed by atoms with Gasteiger partial charge in [-0.05, 0) is 38.3 Å². The van der Waals surface area contributed by atoms with Crippen LogP contribution in [0.5, 0.6) is 0 Å². The molecule has 82 valence electrons. The number of aliphatic carboxylic acids is 1. The Labute approximate surface area is 86.1 Å². The summed E-state index contributed by atoms with van der Waals surface area (Å²) in [5.74, 6) is 0.229. The Morgan fingerprint density at radius 2 is 2.21 bits per heavy atom. The first-order valence-corrected chi connectivity index (χ1v) is 5.44. The quantitative estimate of drug-likeness (QED) is 0.754. The van der Waals surface area contributed by atoms with E-state index in [0.29, 0.717) is 24.3 Å². The minimum atomic E-state index is -0.657. The van der Waals surface area contributed by atoms with Crippen molar-refractivity contribution in [1.82, 2.24) is 4.90 Å². The lowest BCUT2D eigenvalue weighted by molar-refractivity contribution is -0.139. The minimum absolute atomic E-state index is 0.327. The number of hydrogen-bond acceptors (Lipinski definition) is 2. The third-order valence-electron chi connectivity index (χ3n) is 3.20. The van der Waals surface area contributed by atoms with Gasteiger partial charge in [0.25, 0.3) is 0 Å². The fourth-order valence-corrected chi connectivity index (χ4v) is 2.78.